The van der Waals surface area contributed by atoms with E-state index in [4.69, 9.17) is 19.4 Å². The van der Waals surface area contributed by atoms with Gasteiger partial charge in [-0.25, -0.2) is 4.98 Å². The maximum Gasteiger partial charge on any atom is 0.238 e. The van der Waals surface area contributed by atoms with Crippen molar-refractivity contribution in [2.24, 2.45) is 0 Å². The van der Waals surface area contributed by atoms with Crippen molar-refractivity contribution in [2.75, 3.05) is 0 Å². The first kappa shape index (κ1) is 31.5. The summed E-state index contributed by atoms with van der Waals surface area (Å²) in [4.78, 5) is 15.9. The lowest BCUT2D eigenvalue weighted by Gasteiger charge is -2.12. The molecule has 12 rings (SSSR count). The summed E-state index contributed by atoms with van der Waals surface area (Å²) in [5.41, 5.74) is 11.0. The minimum Gasteiger partial charge on any atom is -0.456 e. The Bertz CT molecular complexity index is 3470. The van der Waals surface area contributed by atoms with Crippen LogP contribution < -0.4 is 0 Å². The second kappa shape index (κ2) is 12.3. The third-order valence-corrected chi connectivity index (χ3v) is 11.2. The fourth-order valence-electron chi connectivity index (χ4n) is 8.65. The highest BCUT2D eigenvalue weighted by Crippen LogP contribution is 2.42. The van der Waals surface area contributed by atoms with E-state index in [1.807, 2.05) is 18.2 Å². The average molecular weight is 730 g/mol. The molecule has 0 aliphatic rings. The van der Waals surface area contributed by atoms with Crippen LogP contribution in [-0.4, -0.2) is 24.1 Å². The van der Waals surface area contributed by atoms with Crippen LogP contribution >= 0.6 is 0 Å². The van der Waals surface area contributed by atoms with Crippen LogP contribution in [-0.2, 0) is 0 Å². The molecule has 0 unspecified atom stereocenters. The van der Waals surface area contributed by atoms with Crippen LogP contribution in [0.5, 0.6) is 0 Å². The van der Waals surface area contributed by atoms with Crippen molar-refractivity contribution in [3.05, 3.63) is 188 Å². The zero-order valence-electron chi connectivity index (χ0n) is 30.5. The van der Waals surface area contributed by atoms with Gasteiger partial charge in [0.2, 0.25) is 5.95 Å². The molecule has 6 heteroatoms. The number of hydrogen-bond acceptors (Lipinski definition) is 4. The molecule has 0 fully saturated rings. The van der Waals surface area contributed by atoms with Gasteiger partial charge in [0.1, 0.15) is 11.2 Å². The number of nitrogens with zero attached hydrogens (tertiary/aromatic N) is 5. The van der Waals surface area contributed by atoms with Gasteiger partial charge in [-0.1, -0.05) is 133 Å². The normalized spacial score (nSPS) is 11.9. The van der Waals surface area contributed by atoms with E-state index in [0.717, 1.165) is 88.1 Å². The lowest BCUT2D eigenvalue weighted by molar-refractivity contribution is 0.669. The van der Waals surface area contributed by atoms with E-state index in [-0.39, 0.29) is 0 Å². The molecule has 0 bridgehead atoms. The Morgan fingerprint density at radius 1 is 0.351 bits per heavy atom. The van der Waals surface area contributed by atoms with Gasteiger partial charge >= 0.3 is 0 Å². The largest absolute Gasteiger partial charge is 0.456 e. The zero-order chi connectivity index (χ0) is 37.5. The molecule has 57 heavy (non-hydrogen) atoms. The van der Waals surface area contributed by atoms with Gasteiger partial charge in [0, 0.05) is 55.2 Å². The summed E-state index contributed by atoms with van der Waals surface area (Å²) in [6.45, 7) is 0. The molecule has 0 spiro atoms. The first-order valence-electron chi connectivity index (χ1n) is 19.1. The molecule has 12 aromatic rings. The van der Waals surface area contributed by atoms with Gasteiger partial charge in [-0.3, -0.25) is 4.57 Å². The summed E-state index contributed by atoms with van der Waals surface area (Å²) in [7, 11) is 0. The number of fused-ring (bicyclic) bond motifs is 9. The lowest BCUT2D eigenvalue weighted by Crippen LogP contribution is -2.06. The Labute approximate surface area is 326 Å². The van der Waals surface area contributed by atoms with E-state index in [1.54, 1.807) is 0 Å². The summed E-state index contributed by atoms with van der Waals surface area (Å²) in [5, 5.41) is 6.59. The van der Waals surface area contributed by atoms with Crippen molar-refractivity contribution >= 4 is 65.6 Å². The van der Waals surface area contributed by atoms with Gasteiger partial charge in [0.25, 0.3) is 0 Å². The Kier molecular flexibility index (Phi) is 6.83. The topological polar surface area (TPSA) is 61.7 Å². The maximum absolute atomic E-state index is 6.72. The standard InChI is InChI=1S/C51H31N5O/c1-3-15-32(16-4-1)33-17-13-18-34(29-33)49-52-50(54-51(53-49)56-43-26-11-7-21-36(43)37-22-8-12-27-44(37)56)39-24-14-28-46-48(39)41-30-40-38-23-9-10-25-42(38)55(35-19-5-2-6-20-35)45(40)31-47(41)57-46/h1-31H. The molecule has 4 aromatic heterocycles. The Morgan fingerprint density at radius 2 is 0.930 bits per heavy atom. The summed E-state index contributed by atoms with van der Waals surface area (Å²) < 4.78 is 11.2. The maximum atomic E-state index is 6.72. The van der Waals surface area contributed by atoms with Crippen LogP contribution in [0.3, 0.4) is 0 Å². The monoisotopic (exact) mass is 729 g/mol. The summed E-state index contributed by atoms with van der Waals surface area (Å²) in [6.07, 6.45) is 0. The summed E-state index contributed by atoms with van der Waals surface area (Å²) in [5.74, 6) is 1.71. The van der Waals surface area contributed by atoms with Gasteiger partial charge in [-0.15, -0.1) is 0 Å². The van der Waals surface area contributed by atoms with Crippen LogP contribution in [0.4, 0.5) is 0 Å². The summed E-state index contributed by atoms with van der Waals surface area (Å²) in [6, 6.07) is 65.5. The zero-order valence-corrected chi connectivity index (χ0v) is 30.5. The first-order valence-corrected chi connectivity index (χ1v) is 19.1. The quantitative estimate of drug-likeness (QED) is 0.177. The number of benzene rings is 8. The molecular formula is C51H31N5O. The van der Waals surface area contributed by atoms with Gasteiger partial charge in [0.05, 0.1) is 22.1 Å². The molecule has 8 aromatic carbocycles. The highest BCUT2D eigenvalue weighted by molar-refractivity contribution is 6.20. The molecule has 0 atom stereocenters. The van der Waals surface area contributed by atoms with Crippen LogP contribution in [0.1, 0.15) is 0 Å². The van der Waals surface area contributed by atoms with E-state index in [0.29, 0.717) is 17.6 Å². The number of furan rings is 1. The van der Waals surface area contributed by atoms with E-state index >= 15 is 0 Å². The SMILES string of the molecule is c1ccc(-c2cccc(-c3nc(-c4cccc5oc6cc7c(cc6c45)c4ccccc4n7-c4ccccc4)nc(-n4c5ccccc5c5ccccc54)n3)c2)cc1. The molecule has 0 N–H and O–H groups in total. The molecular weight excluding hydrogens is 699 g/mol. The van der Waals surface area contributed by atoms with Crippen LogP contribution in [0, 0.1) is 0 Å². The molecule has 0 aliphatic heterocycles. The fraction of sp³-hybridized carbons (Fsp3) is 0. The number of hydrogen-bond donors (Lipinski definition) is 0. The van der Waals surface area contributed by atoms with Crippen LogP contribution in [0.2, 0.25) is 0 Å². The van der Waals surface area contributed by atoms with Crippen molar-refractivity contribution in [1.82, 2.24) is 24.1 Å². The van der Waals surface area contributed by atoms with Gasteiger partial charge in [-0.05, 0) is 59.7 Å². The van der Waals surface area contributed by atoms with E-state index < -0.39 is 0 Å². The second-order valence-electron chi connectivity index (χ2n) is 14.4. The smallest absolute Gasteiger partial charge is 0.238 e. The Morgan fingerprint density at radius 3 is 1.67 bits per heavy atom. The molecule has 4 heterocycles. The molecule has 0 aliphatic carbocycles. The predicted molar refractivity (Wildman–Crippen MR) is 232 cm³/mol. The molecule has 0 saturated carbocycles. The number of para-hydroxylation sites is 4. The van der Waals surface area contributed by atoms with E-state index in [1.165, 1.54) is 5.39 Å². The molecule has 0 amide bonds. The number of aromatic nitrogens is 5. The van der Waals surface area contributed by atoms with Crippen LogP contribution in [0.25, 0.3) is 111 Å². The molecule has 0 radical (unpaired) electrons. The van der Waals surface area contributed by atoms with Crippen molar-refractivity contribution in [1.29, 1.82) is 0 Å². The third-order valence-electron chi connectivity index (χ3n) is 11.2. The highest BCUT2D eigenvalue weighted by atomic mass is 16.3. The van der Waals surface area contributed by atoms with Gasteiger partial charge < -0.3 is 8.98 Å². The molecule has 0 saturated heterocycles. The number of rotatable bonds is 5. The molecule has 6 nitrogen and oxygen atoms in total. The second-order valence-corrected chi connectivity index (χ2v) is 14.4. The Hall–Kier alpha value is -7.83. The molecule has 266 valence electrons. The predicted octanol–water partition coefficient (Wildman–Crippen LogP) is 13.0. The van der Waals surface area contributed by atoms with E-state index in [9.17, 15) is 0 Å². The van der Waals surface area contributed by atoms with Crippen molar-refractivity contribution in [3.8, 4) is 45.5 Å². The van der Waals surface area contributed by atoms with Crippen molar-refractivity contribution in [2.45, 2.75) is 0 Å². The highest BCUT2D eigenvalue weighted by Gasteiger charge is 2.22. The first-order chi connectivity index (χ1) is 28.3. The fourth-order valence-corrected chi connectivity index (χ4v) is 8.65. The lowest BCUT2D eigenvalue weighted by atomic mass is 10.0. The third kappa shape index (κ3) is 4.87. The van der Waals surface area contributed by atoms with Gasteiger partial charge in [-0.2, -0.15) is 9.97 Å². The van der Waals surface area contributed by atoms with Gasteiger partial charge in [0.15, 0.2) is 11.6 Å². The summed E-state index contributed by atoms with van der Waals surface area (Å²) >= 11 is 0. The van der Waals surface area contributed by atoms with Crippen molar-refractivity contribution in [3.63, 3.8) is 0 Å². The average Bonchev–Trinajstić information content (AvgIpc) is 3.93. The minimum absolute atomic E-state index is 0.552. The minimum atomic E-state index is 0.552. The van der Waals surface area contributed by atoms with E-state index in [2.05, 4.69) is 179 Å². The Balaban J connectivity index is 1.14. The van der Waals surface area contributed by atoms with Crippen LogP contribution in [0.15, 0.2) is 192 Å². The van der Waals surface area contributed by atoms with Crippen molar-refractivity contribution < 1.29 is 4.42 Å².